The van der Waals surface area contributed by atoms with Gasteiger partial charge in [0.15, 0.2) is 0 Å². The summed E-state index contributed by atoms with van der Waals surface area (Å²) in [6.07, 6.45) is 1.76. The molecule has 0 spiro atoms. The average molecular weight is 320 g/mol. The molecule has 0 aromatic rings. The van der Waals surface area contributed by atoms with Gasteiger partial charge >= 0.3 is 7.60 Å². The van der Waals surface area contributed by atoms with Crippen LogP contribution >= 0.6 is 7.60 Å². The number of rotatable bonds is 4. The molecule has 1 atom stereocenters. The highest BCUT2D eigenvalue weighted by Gasteiger charge is 2.37. The Morgan fingerprint density at radius 3 is 2.57 bits per heavy atom. The van der Waals surface area contributed by atoms with Crippen molar-refractivity contribution in [2.75, 3.05) is 6.61 Å². The second kappa shape index (κ2) is 6.44. The van der Waals surface area contributed by atoms with E-state index in [1.54, 1.807) is 13.8 Å². The summed E-state index contributed by atoms with van der Waals surface area (Å²) in [5.41, 5.74) is 0.944. The van der Waals surface area contributed by atoms with Crippen LogP contribution in [0.5, 0.6) is 0 Å². The van der Waals surface area contributed by atoms with Crippen molar-refractivity contribution in [3.63, 3.8) is 0 Å². The van der Waals surface area contributed by atoms with Gasteiger partial charge in [-0.25, -0.2) is 4.39 Å². The summed E-state index contributed by atoms with van der Waals surface area (Å²) in [6, 6.07) is 0. The maximum atomic E-state index is 14.1. The highest BCUT2D eigenvalue weighted by Crippen LogP contribution is 2.48. The van der Waals surface area contributed by atoms with Crippen molar-refractivity contribution in [1.82, 2.24) is 0 Å². The second-order valence-corrected chi connectivity index (χ2v) is 6.95. The normalized spacial score (nSPS) is 24.9. The second-order valence-electron chi connectivity index (χ2n) is 5.32. The Balaban J connectivity index is 3.44. The lowest BCUT2D eigenvalue weighted by Crippen LogP contribution is -2.35. The Labute approximate surface area is 124 Å². The predicted octanol–water partition coefficient (Wildman–Crippen LogP) is 3.41. The first kappa shape index (κ1) is 18.1. The van der Waals surface area contributed by atoms with Crippen LogP contribution in [0.2, 0.25) is 0 Å². The van der Waals surface area contributed by atoms with Gasteiger partial charge in [0.05, 0.1) is 6.61 Å². The highest BCUT2D eigenvalue weighted by molar-refractivity contribution is 7.52. The number of hydrogen-bond donors (Lipinski definition) is 2. The fourth-order valence-electron chi connectivity index (χ4n) is 1.91. The van der Waals surface area contributed by atoms with Crippen molar-refractivity contribution in [2.45, 2.75) is 45.8 Å². The SMILES string of the molecule is C=C/C(=C1/COC(C)(C)O/C1=C(\C)CC)C(F)P(=O)(O)O. The Kier molecular flexibility index (Phi) is 5.56. The summed E-state index contributed by atoms with van der Waals surface area (Å²) in [5, 5.41) is 0. The van der Waals surface area contributed by atoms with Gasteiger partial charge in [-0.05, 0) is 18.9 Å². The number of ether oxygens (including phenoxy) is 2. The van der Waals surface area contributed by atoms with Gasteiger partial charge in [-0.2, -0.15) is 0 Å². The molecule has 1 heterocycles. The van der Waals surface area contributed by atoms with Crippen molar-refractivity contribution in [3.8, 4) is 0 Å². The van der Waals surface area contributed by atoms with E-state index in [0.717, 1.165) is 11.6 Å². The zero-order chi connectivity index (χ0) is 16.4. The molecule has 1 unspecified atom stereocenters. The summed E-state index contributed by atoms with van der Waals surface area (Å²) in [4.78, 5) is 18.1. The predicted molar refractivity (Wildman–Crippen MR) is 78.3 cm³/mol. The molecule has 1 aliphatic rings. The van der Waals surface area contributed by atoms with Crippen LogP contribution in [-0.4, -0.2) is 28.1 Å². The molecule has 0 aliphatic carbocycles. The van der Waals surface area contributed by atoms with Crippen LogP contribution in [0.3, 0.4) is 0 Å². The van der Waals surface area contributed by atoms with Gasteiger partial charge in [-0.1, -0.05) is 19.6 Å². The van der Waals surface area contributed by atoms with E-state index in [-0.39, 0.29) is 12.2 Å². The van der Waals surface area contributed by atoms with Crippen LogP contribution < -0.4 is 0 Å². The minimum atomic E-state index is -4.92. The van der Waals surface area contributed by atoms with Crippen LogP contribution in [-0.2, 0) is 14.0 Å². The first-order valence-corrected chi connectivity index (χ1v) is 8.29. The van der Waals surface area contributed by atoms with E-state index in [1.807, 2.05) is 13.8 Å². The van der Waals surface area contributed by atoms with Gasteiger partial charge in [0.1, 0.15) is 5.76 Å². The first-order chi connectivity index (χ1) is 9.53. The Morgan fingerprint density at radius 2 is 2.14 bits per heavy atom. The molecule has 21 heavy (non-hydrogen) atoms. The monoisotopic (exact) mass is 320 g/mol. The van der Waals surface area contributed by atoms with Crippen molar-refractivity contribution in [2.24, 2.45) is 0 Å². The maximum Gasteiger partial charge on any atom is 0.364 e. The molecule has 2 N–H and O–H groups in total. The van der Waals surface area contributed by atoms with Gasteiger partial charge < -0.3 is 19.3 Å². The summed E-state index contributed by atoms with van der Waals surface area (Å²) >= 11 is 0. The van der Waals surface area contributed by atoms with Crippen molar-refractivity contribution in [1.29, 1.82) is 0 Å². The van der Waals surface area contributed by atoms with E-state index < -0.39 is 19.3 Å². The molecule has 5 nitrogen and oxygen atoms in total. The van der Waals surface area contributed by atoms with Crippen molar-refractivity contribution >= 4 is 7.60 Å². The third-order valence-electron chi connectivity index (χ3n) is 3.22. The van der Waals surface area contributed by atoms with E-state index >= 15 is 0 Å². The van der Waals surface area contributed by atoms with Crippen LogP contribution in [0.1, 0.15) is 34.1 Å². The van der Waals surface area contributed by atoms with E-state index in [0.29, 0.717) is 17.8 Å². The van der Waals surface area contributed by atoms with Crippen LogP contribution in [0.15, 0.2) is 35.1 Å². The molecule has 1 fully saturated rings. The molecule has 1 aliphatic heterocycles. The van der Waals surface area contributed by atoms with Crippen LogP contribution in [0.25, 0.3) is 0 Å². The molecule has 1 saturated heterocycles. The van der Waals surface area contributed by atoms with Crippen molar-refractivity contribution in [3.05, 3.63) is 35.1 Å². The molecule has 7 heteroatoms. The third kappa shape index (κ3) is 4.27. The fraction of sp³-hybridized carbons (Fsp3) is 0.571. The topological polar surface area (TPSA) is 76.0 Å². The molecule has 0 amide bonds. The third-order valence-corrected chi connectivity index (χ3v) is 4.09. The quantitative estimate of drug-likeness (QED) is 0.776. The number of hydrogen-bond acceptors (Lipinski definition) is 3. The standard InChI is InChI=1S/C14H22FO5P/c1-6-9(3)12-11(8-19-14(4,5)20-12)10(7-2)13(15)21(16,17)18/h7,13H,2,6,8H2,1,3-5H3,(H2,16,17,18)/b11-10+,12-9+. The van der Waals surface area contributed by atoms with E-state index in [4.69, 9.17) is 19.3 Å². The van der Waals surface area contributed by atoms with Gasteiger partial charge in [-0.3, -0.25) is 4.57 Å². The molecule has 120 valence electrons. The molecular weight excluding hydrogens is 298 g/mol. The van der Waals surface area contributed by atoms with Gasteiger partial charge in [0, 0.05) is 25.0 Å². The lowest BCUT2D eigenvalue weighted by atomic mass is 10.0. The van der Waals surface area contributed by atoms with Gasteiger partial charge in [-0.15, -0.1) is 0 Å². The molecule has 0 radical (unpaired) electrons. The smallest absolute Gasteiger partial charge is 0.364 e. The average Bonchev–Trinajstić information content (AvgIpc) is 2.38. The molecule has 0 aromatic heterocycles. The maximum absolute atomic E-state index is 14.1. The largest absolute Gasteiger partial charge is 0.463 e. The lowest BCUT2D eigenvalue weighted by Gasteiger charge is -2.36. The number of halogens is 1. The fourth-order valence-corrected chi connectivity index (χ4v) is 2.54. The van der Waals surface area contributed by atoms with E-state index in [1.165, 1.54) is 0 Å². The Morgan fingerprint density at radius 1 is 1.57 bits per heavy atom. The highest BCUT2D eigenvalue weighted by atomic mass is 31.2. The number of allylic oxidation sites excluding steroid dienone is 3. The zero-order valence-electron chi connectivity index (χ0n) is 12.7. The summed E-state index contributed by atoms with van der Waals surface area (Å²) in [5.74, 6) is -2.91. The van der Waals surface area contributed by atoms with Crippen LogP contribution in [0.4, 0.5) is 4.39 Å². The lowest BCUT2D eigenvalue weighted by molar-refractivity contribution is -0.202. The molecule has 0 aromatic carbocycles. The number of alkyl halides is 1. The molecular formula is C14H22FO5P. The van der Waals surface area contributed by atoms with Gasteiger partial charge in [0.2, 0.25) is 11.7 Å². The summed E-state index contributed by atoms with van der Waals surface area (Å²) in [6.45, 7) is 10.6. The van der Waals surface area contributed by atoms with Crippen LogP contribution in [0, 0.1) is 0 Å². The molecule has 0 saturated carbocycles. The first-order valence-electron chi connectivity index (χ1n) is 6.61. The van der Waals surface area contributed by atoms with E-state index in [9.17, 15) is 8.96 Å². The zero-order valence-corrected chi connectivity index (χ0v) is 13.6. The van der Waals surface area contributed by atoms with Gasteiger partial charge in [0.25, 0.3) is 0 Å². The minimum Gasteiger partial charge on any atom is -0.463 e. The minimum absolute atomic E-state index is 0.00144. The summed E-state index contributed by atoms with van der Waals surface area (Å²) < 4.78 is 36.4. The molecule has 1 rings (SSSR count). The van der Waals surface area contributed by atoms with E-state index in [2.05, 4.69) is 6.58 Å². The summed E-state index contributed by atoms with van der Waals surface area (Å²) in [7, 11) is -4.92. The molecule has 0 bridgehead atoms. The Hall–Kier alpha value is -0.940. The Bertz CT molecular complexity index is 529. The van der Waals surface area contributed by atoms with Crippen molar-refractivity contribution < 1.29 is 28.2 Å².